The molecule has 1 aliphatic heterocycles. The zero-order valence-corrected chi connectivity index (χ0v) is 9.66. The Labute approximate surface area is 98.6 Å². The number of amides is 1. The predicted octanol–water partition coefficient (Wildman–Crippen LogP) is 0.924. The van der Waals surface area contributed by atoms with Gasteiger partial charge in [-0.3, -0.25) is 10.1 Å². The van der Waals surface area contributed by atoms with E-state index in [0.29, 0.717) is 17.6 Å². The van der Waals surface area contributed by atoms with E-state index in [-0.39, 0.29) is 17.8 Å². The smallest absolute Gasteiger partial charge is 0.231 e. The molecule has 0 bridgehead atoms. The van der Waals surface area contributed by atoms with E-state index in [0.717, 1.165) is 6.54 Å². The number of carbonyl (C=O) groups excluding carboxylic acids is 1. The first-order valence-electron chi connectivity index (χ1n) is 5.17. The quantitative estimate of drug-likeness (QED) is 0.755. The summed E-state index contributed by atoms with van der Waals surface area (Å²) in [7, 11) is 0. The van der Waals surface area contributed by atoms with Crippen molar-refractivity contribution in [3.05, 3.63) is 17.4 Å². The van der Waals surface area contributed by atoms with Gasteiger partial charge in [-0.05, 0) is 18.5 Å². The Balaban J connectivity index is 2.02. The second-order valence-electron chi connectivity index (χ2n) is 3.93. The molecule has 6 heteroatoms. The lowest BCUT2D eigenvalue weighted by Crippen LogP contribution is -2.28. The molecule has 5 nitrogen and oxygen atoms in total. The molecule has 2 rings (SSSR count). The molecule has 86 valence electrons. The standard InChI is InChI=1S/C10H13ClN4O/c1-6-4-12-5-7(6)9(16)15-10-13-3-2-8(11)14-10/h2-3,6-7,12H,4-5H2,1H3,(H,13,14,15,16)/t6-,7-/m1/s1. The molecule has 1 aliphatic rings. The predicted molar refractivity (Wildman–Crippen MR) is 61.2 cm³/mol. The van der Waals surface area contributed by atoms with Crippen molar-refractivity contribution in [2.24, 2.45) is 11.8 Å². The Bertz CT molecular complexity index is 398. The van der Waals surface area contributed by atoms with Crippen LogP contribution in [0.5, 0.6) is 0 Å². The number of anilines is 1. The summed E-state index contributed by atoms with van der Waals surface area (Å²) in [5.41, 5.74) is 0. The number of hydrogen-bond acceptors (Lipinski definition) is 4. The van der Waals surface area contributed by atoms with E-state index in [1.54, 1.807) is 6.07 Å². The minimum Gasteiger partial charge on any atom is -0.316 e. The Morgan fingerprint density at radius 2 is 2.44 bits per heavy atom. The van der Waals surface area contributed by atoms with Gasteiger partial charge in [-0.1, -0.05) is 18.5 Å². The van der Waals surface area contributed by atoms with Crippen LogP contribution in [0, 0.1) is 11.8 Å². The van der Waals surface area contributed by atoms with Gasteiger partial charge in [0.25, 0.3) is 0 Å². The van der Waals surface area contributed by atoms with Crippen LogP contribution < -0.4 is 10.6 Å². The molecule has 1 aromatic rings. The van der Waals surface area contributed by atoms with Gasteiger partial charge >= 0.3 is 0 Å². The fourth-order valence-corrected chi connectivity index (χ4v) is 1.90. The van der Waals surface area contributed by atoms with Crippen LogP contribution in [-0.4, -0.2) is 29.0 Å². The van der Waals surface area contributed by atoms with Gasteiger partial charge in [0.05, 0.1) is 5.92 Å². The van der Waals surface area contributed by atoms with Crippen molar-refractivity contribution >= 4 is 23.5 Å². The Kier molecular flexibility index (Phi) is 3.36. The molecule has 2 N–H and O–H groups in total. The average molecular weight is 241 g/mol. The number of halogens is 1. The molecule has 0 aromatic carbocycles. The maximum atomic E-state index is 11.9. The van der Waals surface area contributed by atoms with Crippen molar-refractivity contribution in [3.63, 3.8) is 0 Å². The van der Waals surface area contributed by atoms with Gasteiger partial charge in [0.1, 0.15) is 5.15 Å². The van der Waals surface area contributed by atoms with E-state index >= 15 is 0 Å². The Morgan fingerprint density at radius 1 is 1.62 bits per heavy atom. The molecule has 1 amide bonds. The first-order valence-corrected chi connectivity index (χ1v) is 5.55. The Hall–Kier alpha value is -1.20. The first-order chi connectivity index (χ1) is 7.66. The van der Waals surface area contributed by atoms with E-state index in [1.807, 2.05) is 6.92 Å². The maximum absolute atomic E-state index is 11.9. The lowest BCUT2D eigenvalue weighted by atomic mass is 9.97. The third-order valence-electron chi connectivity index (χ3n) is 2.71. The highest BCUT2D eigenvalue weighted by molar-refractivity contribution is 6.29. The van der Waals surface area contributed by atoms with E-state index < -0.39 is 0 Å². The lowest BCUT2D eigenvalue weighted by Gasteiger charge is -2.12. The highest BCUT2D eigenvalue weighted by atomic mass is 35.5. The van der Waals surface area contributed by atoms with Crippen LogP contribution in [0.3, 0.4) is 0 Å². The van der Waals surface area contributed by atoms with Crippen LogP contribution in [0.25, 0.3) is 0 Å². The van der Waals surface area contributed by atoms with Crippen molar-refractivity contribution < 1.29 is 4.79 Å². The average Bonchev–Trinajstić information content (AvgIpc) is 2.64. The monoisotopic (exact) mass is 240 g/mol. The fraction of sp³-hybridized carbons (Fsp3) is 0.500. The second-order valence-corrected chi connectivity index (χ2v) is 4.32. The number of carbonyl (C=O) groups is 1. The van der Waals surface area contributed by atoms with Crippen LogP contribution in [0.1, 0.15) is 6.92 Å². The minimum absolute atomic E-state index is 0.0254. The van der Waals surface area contributed by atoms with Crippen LogP contribution in [0.2, 0.25) is 5.15 Å². The molecule has 0 spiro atoms. The number of rotatable bonds is 2. The molecule has 16 heavy (non-hydrogen) atoms. The van der Waals surface area contributed by atoms with Gasteiger partial charge in [0, 0.05) is 12.7 Å². The fourth-order valence-electron chi connectivity index (χ4n) is 1.76. The summed E-state index contributed by atoms with van der Waals surface area (Å²) in [6, 6.07) is 1.57. The molecule has 0 saturated carbocycles. The molecule has 2 atom stereocenters. The van der Waals surface area contributed by atoms with Crippen LogP contribution in [0.15, 0.2) is 12.3 Å². The van der Waals surface area contributed by atoms with Gasteiger partial charge in [-0.2, -0.15) is 0 Å². The molecule has 2 heterocycles. The number of aromatic nitrogens is 2. The van der Waals surface area contributed by atoms with Gasteiger partial charge in [-0.25, -0.2) is 9.97 Å². The van der Waals surface area contributed by atoms with Crippen molar-refractivity contribution in [1.82, 2.24) is 15.3 Å². The van der Waals surface area contributed by atoms with E-state index in [9.17, 15) is 4.79 Å². The summed E-state index contributed by atoms with van der Waals surface area (Å²) in [5, 5.41) is 6.16. The number of nitrogens with zero attached hydrogens (tertiary/aromatic N) is 2. The summed E-state index contributed by atoms with van der Waals surface area (Å²) in [6.45, 7) is 3.62. The lowest BCUT2D eigenvalue weighted by molar-refractivity contribution is -0.120. The van der Waals surface area contributed by atoms with Gasteiger partial charge in [-0.15, -0.1) is 0 Å². The zero-order valence-electron chi connectivity index (χ0n) is 8.90. The van der Waals surface area contributed by atoms with Crippen LogP contribution in [-0.2, 0) is 4.79 Å². The third kappa shape index (κ3) is 2.48. The third-order valence-corrected chi connectivity index (χ3v) is 2.92. The van der Waals surface area contributed by atoms with Gasteiger partial charge in [0.15, 0.2) is 0 Å². The Morgan fingerprint density at radius 3 is 3.06 bits per heavy atom. The summed E-state index contributed by atoms with van der Waals surface area (Å²) >= 11 is 5.70. The van der Waals surface area contributed by atoms with Crippen molar-refractivity contribution in [2.45, 2.75) is 6.92 Å². The maximum Gasteiger partial charge on any atom is 0.231 e. The largest absolute Gasteiger partial charge is 0.316 e. The van der Waals surface area contributed by atoms with Crippen molar-refractivity contribution in [1.29, 1.82) is 0 Å². The molecule has 0 unspecified atom stereocenters. The van der Waals surface area contributed by atoms with Crippen molar-refractivity contribution in [2.75, 3.05) is 18.4 Å². The summed E-state index contributed by atoms with van der Waals surface area (Å²) < 4.78 is 0. The molecule has 1 saturated heterocycles. The SMILES string of the molecule is C[C@@H]1CNC[C@H]1C(=O)Nc1nccc(Cl)n1. The summed E-state index contributed by atoms with van der Waals surface area (Å²) in [5.74, 6) is 0.512. The normalized spacial score (nSPS) is 24.4. The van der Waals surface area contributed by atoms with Crippen LogP contribution in [0.4, 0.5) is 5.95 Å². The first kappa shape index (κ1) is 11.3. The van der Waals surface area contributed by atoms with Gasteiger partial charge < -0.3 is 5.32 Å². The van der Waals surface area contributed by atoms with E-state index in [4.69, 9.17) is 11.6 Å². The highest BCUT2D eigenvalue weighted by Crippen LogP contribution is 2.17. The number of hydrogen-bond donors (Lipinski definition) is 2. The van der Waals surface area contributed by atoms with E-state index in [1.165, 1.54) is 6.20 Å². The minimum atomic E-state index is -0.0558. The zero-order chi connectivity index (χ0) is 11.5. The summed E-state index contributed by atoms with van der Waals surface area (Å²) in [4.78, 5) is 19.7. The number of nitrogens with one attached hydrogen (secondary N) is 2. The summed E-state index contributed by atoms with van der Waals surface area (Å²) in [6.07, 6.45) is 1.52. The molecule has 0 radical (unpaired) electrons. The molecular weight excluding hydrogens is 228 g/mol. The second kappa shape index (κ2) is 4.76. The van der Waals surface area contributed by atoms with Crippen LogP contribution >= 0.6 is 11.6 Å². The van der Waals surface area contributed by atoms with Gasteiger partial charge in [0.2, 0.25) is 11.9 Å². The molecule has 0 aliphatic carbocycles. The molecule has 1 fully saturated rings. The molecule has 1 aromatic heterocycles. The van der Waals surface area contributed by atoms with Crippen molar-refractivity contribution in [3.8, 4) is 0 Å². The highest BCUT2D eigenvalue weighted by Gasteiger charge is 2.29. The molecular formula is C10H13ClN4O. The van der Waals surface area contributed by atoms with E-state index in [2.05, 4.69) is 20.6 Å². The topological polar surface area (TPSA) is 66.9 Å².